The summed E-state index contributed by atoms with van der Waals surface area (Å²) in [6, 6.07) is 10.7. The van der Waals surface area contributed by atoms with Gasteiger partial charge in [0, 0.05) is 18.8 Å². The Bertz CT molecular complexity index is 517. The van der Waals surface area contributed by atoms with Gasteiger partial charge in [-0.3, -0.25) is 4.68 Å². The Balaban J connectivity index is 1.76. The van der Waals surface area contributed by atoms with Crippen LogP contribution in [0.15, 0.2) is 36.5 Å². The largest absolute Gasteiger partial charge is 0.492 e. The third-order valence-corrected chi connectivity index (χ3v) is 3.00. The van der Waals surface area contributed by atoms with Gasteiger partial charge in [0.1, 0.15) is 12.4 Å². The summed E-state index contributed by atoms with van der Waals surface area (Å²) >= 11 is 0. The predicted octanol–water partition coefficient (Wildman–Crippen LogP) is 2.77. The fraction of sp³-hybridized carbons (Fsp3) is 0.438. The zero-order valence-corrected chi connectivity index (χ0v) is 12.5. The summed E-state index contributed by atoms with van der Waals surface area (Å²) in [6.45, 7) is 8.57. The highest BCUT2D eigenvalue weighted by Crippen LogP contribution is 2.12. The summed E-state index contributed by atoms with van der Waals surface area (Å²) in [4.78, 5) is 0. The number of ether oxygens (including phenoxy) is 1. The van der Waals surface area contributed by atoms with Crippen LogP contribution in [0.25, 0.3) is 0 Å². The highest BCUT2D eigenvalue weighted by Gasteiger charge is 1.98. The number of hydrogen-bond donors (Lipinski definition) is 1. The van der Waals surface area contributed by atoms with Crippen LogP contribution in [0.5, 0.6) is 5.75 Å². The second-order valence-electron chi connectivity index (χ2n) is 5.25. The van der Waals surface area contributed by atoms with Gasteiger partial charge >= 0.3 is 0 Å². The van der Waals surface area contributed by atoms with E-state index in [1.165, 1.54) is 5.56 Å². The van der Waals surface area contributed by atoms with Gasteiger partial charge in [-0.25, -0.2) is 0 Å². The molecule has 0 aliphatic rings. The molecule has 1 N–H and O–H groups in total. The van der Waals surface area contributed by atoms with Crippen molar-refractivity contribution < 1.29 is 4.74 Å². The second kappa shape index (κ2) is 7.10. The molecule has 0 spiro atoms. The van der Waals surface area contributed by atoms with Crippen molar-refractivity contribution >= 4 is 0 Å². The number of aryl methyl sites for hydroxylation is 1. The first-order valence-electron chi connectivity index (χ1n) is 7.08. The van der Waals surface area contributed by atoms with Crippen molar-refractivity contribution in [1.82, 2.24) is 15.1 Å². The molecule has 0 saturated carbocycles. The molecule has 1 aromatic heterocycles. The molecule has 0 radical (unpaired) electrons. The van der Waals surface area contributed by atoms with E-state index in [2.05, 4.69) is 36.4 Å². The van der Waals surface area contributed by atoms with Crippen molar-refractivity contribution in [2.45, 2.75) is 39.9 Å². The minimum absolute atomic E-state index is 0.503. The van der Waals surface area contributed by atoms with Crippen molar-refractivity contribution in [3.05, 3.63) is 47.8 Å². The third-order valence-electron chi connectivity index (χ3n) is 3.00. The van der Waals surface area contributed by atoms with E-state index in [1.807, 2.05) is 36.0 Å². The van der Waals surface area contributed by atoms with Crippen LogP contribution >= 0.6 is 0 Å². The van der Waals surface area contributed by atoms with E-state index in [0.717, 1.165) is 24.5 Å². The van der Waals surface area contributed by atoms with Gasteiger partial charge < -0.3 is 10.1 Å². The normalized spacial score (nSPS) is 11.0. The lowest BCUT2D eigenvalue weighted by Crippen LogP contribution is -2.21. The lowest BCUT2D eigenvalue weighted by Gasteiger charge is -2.10. The Morgan fingerprint density at radius 3 is 2.55 bits per heavy atom. The van der Waals surface area contributed by atoms with Gasteiger partial charge in [-0.2, -0.15) is 5.10 Å². The molecule has 4 heteroatoms. The first kappa shape index (κ1) is 14.6. The van der Waals surface area contributed by atoms with Crippen LogP contribution < -0.4 is 10.1 Å². The lowest BCUT2D eigenvalue weighted by molar-refractivity contribution is 0.291. The summed E-state index contributed by atoms with van der Waals surface area (Å²) in [6.07, 6.45) is 1.97. The average molecular weight is 273 g/mol. The van der Waals surface area contributed by atoms with E-state index >= 15 is 0 Å². The van der Waals surface area contributed by atoms with Gasteiger partial charge in [-0.15, -0.1) is 0 Å². The monoisotopic (exact) mass is 273 g/mol. The molecule has 0 atom stereocenters. The lowest BCUT2D eigenvalue weighted by atomic mass is 10.2. The zero-order valence-electron chi connectivity index (χ0n) is 12.5. The molecule has 0 aliphatic carbocycles. The summed E-state index contributed by atoms with van der Waals surface area (Å²) < 4.78 is 7.62. The molecule has 1 aromatic carbocycles. The molecule has 4 nitrogen and oxygen atoms in total. The molecule has 0 unspecified atom stereocenters. The minimum Gasteiger partial charge on any atom is -0.492 e. The van der Waals surface area contributed by atoms with Gasteiger partial charge in [0.25, 0.3) is 0 Å². The van der Waals surface area contributed by atoms with Crippen molar-refractivity contribution in [1.29, 1.82) is 0 Å². The van der Waals surface area contributed by atoms with Gasteiger partial charge in [0.2, 0.25) is 0 Å². The van der Waals surface area contributed by atoms with Gasteiger partial charge in [0.05, 0.1) is 12.2 Å². The first-order valence-corrected chi connectivity index (χ1v) is 7.08. The van der Waals surface area contributed by atoms with Crippen LogP contribution in [-0.2, 0) is 13.1 Å². The van der Waals surface area contributed by atoms with Crippen LogP contribution in [-0.4, -0.2) is 22.4 Å². The maximum Gasteiger partial charge on any atom is 0.119 e. The Morgan fingerprint density at radius 1 is 1.20 bits per heavy atom. The zero-order chi connectivity index (χ0) is 14.4. The van der Waals surface area contributed by atoms with Crippen LogP contribution in [0, 0.1) is 6.92 Å². The van der Waals surface area contributed by atoms with Crippen molar-refractivity contribution in [3.63, 3.8) is 0 Å². The molecule has 0 aliphatic heterocycles. The number of aromatic nitrogens is 2. The highest BCUT2D eigenvalue weighted by atomic mass is 16.5. The van der Waals surface area contributed by atoms with Gasteiger partial charge in [-0.05, 0) is 30.7 Å². The predicted molar refractivity (Wildman–Crippen MR) is 80.9 cm³/mol. The molecule has 2 aromatic rings. The molecule has 1 heterocycles. The Hall–Kier alpha value is -1.81. The Morgan fingerprint density at radius 2 is 1.95 bits per heavy atom. The maximum atomic E-state index is 5.72. The summed E-state index contributed by atoms with van der Waals surface area (Å²) in [5.74, 6) is 0.905. The number of hydrogen-bond acceptors (Lipinski definition) is 3. The fourth-order valence-corrected chi connectivity index (χ4v) is 1.87. The SMILES string of the molecule is Cc1ccn(CCOc2ccc(CNC(C)C)cc2)n1. The summed E-state index contributed by atoms with van der Waals surface area (Å²) in [5, 5.41) is 7.72. The van der Waals surface area contributed by atoms with Gasteiger partial charge in [0.15, 0.2) is 0 Å². The van der Waals surface area contributed by atoms with Crippen LogP contribution in [0.3, 0.4) is 0 Å². The molecule has 2 rings (SSSR count). The van der Waals surface area contributed by atoms with Crippen LogP contribution in [0.2, 0.25) is 0 Å². The second-order valence-corrected chi connectivity index (χ2v) is 5.25. The van der Waals surface area contributed by atoms with E-state index in [-0.39, 0.29) is 0 Å². The van der Waals surface area contributed by atoms with E-state index in [0.29, 0.717) is 12.6 Å². The molecule has 0 saturated heterocycles. The quantitative estimate of drug-likeness (QED) is 0.843. The average Bonchev–Trinajstić information content (AvgIpc) is 2.83. The minimum atomic E-state index is 0.503. The summed E-state index contributed by atoms with van der Waals surface area (Å²) in [7, 11) is 0. The molecule has 0 fully saturated rings. The number of rotatable bonds is 7. The van der Waals surface area contributed by atoms with Gasteiger partial charge in [-0.1, -0.05) is 26.0 Å². The molecular formula is C16H23N3O. The van der Waals surface area contributed by atoms with E-state index < -0.39 is 0 Å². The van der Waals surface area contributed by atoms with Crippen molar-refractivity contribution in [3.8, 4) is 5.75 Å². The van der Waals surface area contributed by atoms with Crippen LogP contribution in [0.1, 0.15) is 25.1 Å². The Labute approximate surface area is 120 Å². The van der Waals surface area contributed by atoms with Crippen molar-refractivity contribution in [2.24, 2.45) is 0 Å². The maximum absolute atomic E-state index is 5.72. The smallest absolute Gasteiger partial charge is 0.119 e. The number of benzene rings is 1. The Kier molecular flexibility index (Phi) is 5.18. The van der Waals surface area contributed by atoms with Crippen molar-refractivity contribution in [2.75, 3.05) is 6.61 Å². The standard InChI is InChI=1S/C16H23N3O/c1-13(2)17-12-15-4-6-16(7-5-15)20-11-10-19-9-8-14(3)18-19/h4-9,13,17H,10-12H2,1-3H3. The molecule has 20 heavy (non-hydrogen) atoms. The summed E-state index contributed by atoms with van der Waals surface area (Å²) in [5.41, 5.74) is 2.31. The first-order chi connectivity index (χ1) is 9.63. The molecular weight excluding hydrogens is 250 g/mol. The molecule has 108 valence electrons. The van der Waals surface area contributed by atoms with Crippen LogP contribution in [0.4, 0.5) is 0 Å². The van der Waals surface area contributed by atoms with E-state index in [9.17, 15) is 0 Å². The van der Waals surface area contributed by atoms with E-state index in [1.54, 1.807) is 0 Å². The number of nitrogens with one attached hydrogen (secondary N) is 1. The number of nitrogens with zero attached hydrogens (tertiary/aromatic N) is 2. The fourth-order valence-electron chi connectivity index (χ4n) is 1.87. The van der Waals surface area contributed by atoms with E-state index in [4.69, 9.17) is 4.74 Å². The topological polar surface area (TPSA) is 39.1 Å². The highest BCUT2D eigenvalue weighted by molar-refractivity contribution is 5.27. The molecule has 0 amide bonds. The third kappa shape index (κ3) is 4.70. The molecule has 0 bridgehead atoms.